The Morgan fingerprint density at radius 3 is 2.59 bits per heavy atom. The zero-order valence-corrected chi connectivity index (χ0v) is 9.13. The van der Waals surface area contributed by atoms with E-state index in [2.05, 4.69) is 5.32 Å². The number of ether oxygens (including phenoxy) is 1. The summed E-state index contributed by atoms with van der Waals surface area (Å²) < 4.78 is 4.86. The fourth-order valence-electron chi connectivity index (χ4n) is 1.16. The van der Waals surface area contributed by atoms with Gasteiger partial charge in [0.25, 0.3) is 0 Å². The first-order valence-corrected chi connectivity index (χ1v) is 5.02. The number of benzene rings is 1. The van der Waals surface area contributed by atoms with Crippen molar-refractivity contribution >= 4 is 12.1 Å². The van der Waals surface area contributed by atoms with E-state index in [9.17, 15) is 9.59 Å². The molecule has 0 aromatic heterocycles. The largest absolute Gasteiger partial charge is 0.481 e. The first-order valence-electron chi connectivity index (χ1n) is 5.02. The van der Waals surface area contributed by atoms with Crippen LogP contribution >= 0.6 is 0 Å². The van der Waals surface area contributed by atoms with Gasteiger partial charge in [-0.3, -0.25) is 4.79 Å². The van der Waals surface area contributed by atoms with Crippen LogP contribution in [0.5, 0.6) is 0 Å². The number of carbonyl (C=O) groups is 2. The monoisotopic (exact) mass is 238 g/mol. The molecule has 6 heteroatoms. The maximum absolute atomic E-state index is 11.2. The summed E-state index contributed by atoms with van der Waals surface area (Å²) in [6.45, 7) is 0.118. The topological polar surface area (TPSA) is 102 Å². The summed E-state index contributed by atoms with van der Waals surface area (Å²) in [6.07, 6.45) is -2.03. The number of hydrogen-bond acceptors (Lipinski definition) is 4. The van der Waals surface area contributed by atoms with E-state index >= 15 is 0 Å². The molecule has 1 atom stereocenters. The third kappa shape index (κ3) is 5.53. The highest BCUT2D eigenvalue weighted by atomic mass is 16.5. The second-order valence-electron chi connectivity index (χ2n) is 3.41. The van der Waals surface area contributed by atoms with Gasteiger partial charge in [-0.1, -0.05) is 30.3 Å². The lowest BCUT2D eigenvalue weighted by molar-refractivity contribution is -0.137. The predicted octanol–water partition coefficient (Wildman–Crippen LogP) is 0.672. The maximum Gasteiger partial charge on any atom is 0.408 e. The van der Waals surface area contributed by atoms with Crippen LogP contribution in [0.4, 0.5) is 4.79 Å². The molecule has 0 radical (unpaired) electrons. The molecule has 0 aliphatic carbocycles. The number of hydrogen-bond donors (Lipinski definition) is 3. The minimum atomic E-state index is -1.08. The zero-order chi connectivity index (χ0) is 12.7. The molecule has 0 fully saturated rings. The number of nitrogens with two attached hydrogens (primary N) is 1. The van der Waals surface area contributed by atoms with E-state index in [1.54, 1.807) is 0 Å². The predicted molar refractivity (Wildman–Crippen MR) is 60.0 cm³/mol. The van der Waals surface area contributed by atoms with Crippen molar-refractivity contribution in [2.75, 3.05) is 0 Å². The number of rotatable bonds is 5. The maximum atomic E-state index is 11.2. The third-order valence-corrected chi connectivity index (χ3v) is 1.91. The van der Waals surface area contributed by atoms with Gasteiger partial charge in [0.15, 0.2) is 0 Å². The lowest BCUT2D eigenvalue weighted by Crippen LogP contribution is -2.43. The Hall–Kier alpha value is -2.08. The molecule has 0 aliphatic heterocycles. The molecule has 17 heavy (non-hydrogen) atoms. The van der Waals surface area contributed by atoms with E-state index in [0.717, 1.165) is 5.56 Å². The van der Waals surface area contributed by atoms with E-state index in [-0.39, 0.29) is 13.0 Å². The molecule has 0 unspecified atom stereocenters. The van der Waals surface area contributed by atoms with Crippen molar-refractivity contribution in [3.8, 4) is 0 Å². The average Bonchev–Trinajstić information content (AvgIpc) is 2.26. The van der Waals surface area contributed by atoms with Crippen LogP contribution in [0.1, 0.15) is 12.0 Å². The fraction of sp³-hybridized carbons (Fsp3) is 0.273. The molecule has 0 saturated carbocycles. The van der Waals surface area contributed by atoms with E-state index in [1.807, 2.05) is 30.3 Å². The highest BCUT2D eigenvalue weighted by Crippen LogP contribution is 2.00. The molecule has 0 heterocycles. The summed E-state index contributed by atoms with van der Waals surface area (Å²) in [5.41, 5.74) is 6.19. The molecule has 0 spiro atoms. The second kappa shape index (κ2) is 6.49. The van der Waals surface area contributed by atoms with Gasteiger partial charge < -0.3 is 20.9 Å². The van der Waals surface area contributed by atoms with Crippen LogP contribution in [0.3, 0.4) is 0 Å². The van der Waals surface area contributed by atoms with E-state index in [1.165, 1.54) is 0 Å². The second-order valence-corrected chi connectivity index (χ2v) is 3.41. The van der Waals surface area contributed by atoms with Crippen LogP contribution in [0.15, 0.2) is 30.3 Å². The van der Waals surface area contributed by atoms with Crippen molar-refractivity contribution in [2.24, 2.45) is 5.73 Å². The van der Waals surface area contributed by atoms with Gasteiger partial charge in [-0.2, -0.15) is 0 Å². The first kappa shape index (κ1) is 13.0. The Morgan fingerprint density at radius 2 is 2.00 bits per heavy atom. The highest BCUT2D eigenvalue weighted by Gasteiger charge is 2.11. The summed E-state index contributed by atoms with van der Waals surface area (Å²) in [5, 5.41) is 10.6. The average molecular weight is 238 g/mol. The standard InChI is InChI=1S/C11H14N2O4/c12-9(6-10(14)15)13-11(16)17-7-8-4-2-1-3-5-8/h1-5,9H,6-7,12H2,(H,13,16)(H,14,15)/t9-/m0/s1. The molecule has 6 nitrogen and oxygen atoms in total. The van der Waals surface area contributed by atoms with Gasteiger partial charge in [0, 0.05) is 0 Å². The van der Waals surface area contributed by atoms with Crippen LogP contribution in [-0.2, 0) is 16.1 Å². The van der Waals surface area contributed by atoms with Crippen molar-refractivity contribution in [1.82, 2.24) is 5.32 Å². The van der Waals surface area contributed by atoms with Crippen molar-refractivity contribution in [2.45, 2.75) is 19.2 Å². The summed E-state index contributed by atoms with van der Waals surface area (Å²) in [5.74, 6) is -1.08. The molecular formula is C11H14N2O4. The number of carbonyl (C=O) groups excluding carboxylic acids is 1. The van der Waals surface area contributed by atoms with E-state index < -0.39 is 18.2 Å². The Balaban J connectivity index is 2.28. The van der Waals surface area contributed by atoms with Crippen molar-refractivity contribution in [1.29, 1.82) is 0 Å². The fourth-order valence-corrected chi connectivity index (χ4v) is 1.16. The highest BCUT2D eigenvalue weighted by molar-refractivity contribution is 5.71. The quantitative estimate of drug-likeness (QED) is 0.654. The van der Waals surface area contributed by atoms with Gasteiger partial charge in [0.05, 0.1) is 12.6 Å². The smallest absolute Gasteiger partial charge is 0.408 e. The van der Waals surface area contributed by atoms with Crippen LogP contribution in [0.25, 0.3) is 0 Å². The number of aliphatic carboxylic acids is 1. The zero-order valence-electron chi connectivity index (χ0n) is 9.13. The molecular weight excluding hydrogens is 224 g/mol. The lowest BCUT2D eigenvalue weighted by atomic mass is 10.2. The minimum Gasteiger partial charge on any atom is -0.481 e. The first-order chi connectivity index (χ1) is 8.08. The molecule has 1 aromatic rings. The lowest BCUT2D eigenvalue weighted by Gasteiger charge is -2.11. The Morgan fingerprint density at radius 1 is 1.35 bits per heavy atom. The number of carboxylic acid groups (broad SMARTS) is 1. The summed E-state index contributed by atoms with van der Waals surface area (Å²) in [7, 11) is 0. The summed E-state index contributed by atoms with van der Waals surface area (Å²) in [6, 6.07) is 9.13. The van der Waals surface area contributed by atoms with Crippen LogP contribution in [0, 0.1) is 0 Å². The van der Waals surface area contributed by atoms with Gasteiger partial charge in [0.1, 0.15) is 6.61 Å². The van der Waals surface area contributed by atoms with Crippen molar-refractivity contribution < 1.29 is 19.4 Å². The molecule has 4 N–H and O–H groups in total. The van der Waals surface area contributed by atoms with Gasteiger partial charge in [-0.25, -0.2) is 4.79 Å². The van der Waals surface area contributed by atoms with Crippen LogP contribution in [-0.4, -0.2) is 23.3 Å². The van der Waals surface area contributed by atoms with E-state index in [0.29, 0.717) is 0 Å². The van der Waals surface area contributed by atoms with Gasteiger partial charge >= 0.3 is 12.1 Å². The van der Waals surface area contributed by atoms with Gasteiger partial charge in [-0.05, 0) is 5.56 Å². The molecule has 92 valence electrons. The third-order valence-electron chi connectivity index (χ3n) is 1.91. The Labute approximate surface area is 98.4 Å². The molecule has 0 saturated heterocycles. The number of alkyl carbamates (subject to hydrolysis) is 1. The molecule has 0 aliphatic rings. The van der Waals surface area contributed by atoms with Gasteiger partial charge in [-0.15, -0.1) is 0 Å². The van der Waals surface area contributed by atoms with E-state index in [4.69, 9.17) is 15.6 Å². The molecule has 1 aromatic carbocycles. The van der Waals surface area contributed by atoms with Gasteiger partial charge in [0.2, 0.25) is 0 Å². The SMILES string of the molecule is N[C@H](CC(=O)O)NC(=O)OCc1ccccc1. The van der Waals surface area contributed by atoms with Crippen LogP contribution < -0.4 is 11.1 Å². The summed E-state index contributed by atoms with van der Waals surface area (Å²) in [4.78, 5) is 21.5. The molecule has 1 amide bonds. The number of amides is 1. The minimum absolute atomic E-state index is 0.118. The molecule has 0 bridgehead atoms. The normalized spacial score (nSPS) is 11.6. The number of nitrogens with one attached hydrogen (secondary N) is 1. The number of carboxylic acids is 1. The van der Waals surface area contributed by atoms with Crippen LogP contribution in [0.2, 0.25) is 0 Å². The Bertz CT molecular complexity index is 380. The summed E-state index contributed by atoms with van der Waals surface area (Å²) >= 11 is 0. The molecule has 1 rings (SSSR count). The van der Waals surface area contributed by atoms with Crippen molar-refractivity contribution in [3.05, 3.63) is 35.9 Å². The Kier molecular flexibility index (Phi) is 4.96. The van der Waals surface area contributed by atoms with Crippen molar-refractivity contribution in [3.63, 3.8) is 0 Å².